The van der Waals surface area contributed by atoms with Crippen molar-refractivity contribution in [2.24, 2.45) is 0 Å². The van der Waals surface area contributed by atoms with Crippen molar-refractivity contribution < 1.29 is 14.3 Å². The molecule has 0 radical (unpaired) electrons. The molecule has 0 unspecified atom stereocenters. The van der Waals surface area contributed by atoms with Crippen LogP contribution in [0.25, 0.3) is 11.3 Å². The molecule has 7 nitrogen and oxygen atoms in total. The van der Waals surface area contributed by atoms with E-state index in [2.05, 4.69) is 20.4 Å². The van der Waals surface area contributed by atoms with Gasteiger partial charge in [-0.3, -0.25) is 4.79 Å². The van der Waals surface area contributed by atoms with Gasteiger partial charge in [0.1, 0.15) is 11.5 Å². The largest absolute Gasteiger partial charge is 0.497 e. The van der Waals surface area contributed by atoms with Gasteiger partial charge in [0.15, 0.2) is 12.4 Å². The zero-order valence-corrected chi connectivity index (χ0v) is 17.6. The summed E-state index contributed by atoms with van der Waals surface area (Å²) in [4.78, 5) is 14.6. The van der Waals surface area contributed by atoms with Crippen LogP contribution in [0.1, 0.15) is 19.3 Å². The molecule has 0 saturated carbocycles. The second-order valence-corrected chi connectivity index (χ2v) is 7.42. The molecule has 0 aliphatic carbocycles. The number of benzene rings is 2. The van der Waals surface area contributed by atoms with E-state index in [9.17, 15) is 4.79 Å². The Kier molecular flexibility index (Phi) is 6.62. The van der Waals surface area contributed by atoms with E-state index in [0.29, 0.717) is 17.2 Å². The number of carbonyl (C=O) groups is 1. The maximum atomic E-state index is 12.3. The first-order valence-electron chi connectivity index (χ1n) is 10.5. The predicted octanol–water partition coefficient (Wildman–Crippen LogP) is 4.16. The number of hydrogen-bond acceptors (Lipinski definition) is 6. The van der Waals surface area contributed by atoms with Crippen LogP contribution in [-0.4, -0.2) is 42.9 Å². The highest BCUT2D eigenvalue weighted by molar-refractivity contribution is 5.92. The molecule has 3 aromatic rings. The molecule has 7 heteroatoms. The number of hydrogen-bond donors (Lipinski definition) is 1. The lowest BCUT2D eigenvalue weighted by Gasteiger charge is -2.27. The Bertz CT molecular complexity index is 1020. The van der Waals surface area contributed by atoms with E-state index in [1.807, 2.05) is 48.5 Å². The summed E-state index contributed by atoms with van der Waals surface area (Å²) in [5.41, 5.74) is 2.34. The van der Waals surface area contributed by atoms with Gasteiger partial charge in [0.2, 0.25) is 0 Å². The summed E-state index contributed by atoms with van der Waals surface area (Å²) < 4.78 is 10.7. The molecule has 1 aromatic heterocycles. The number of nitrogens with one attached hydrogen (secondary N) is 1. The zero-order valence-electron chi connectivity index (χ0n) is 17.6. The molecular formula is C24H26N4O3. The van der Waals surface area contributed by atoms with Crippen LogP contribution in [0.5, 0.6) is 11.5 Å². The minimum absolute atomic E-state index is 0.0955. The second kappa shape index (κ2) is 9.93. The molecule has 4 rings (SSSR count). The van der Waals surface area contributed by atoms with Crippen molar-refractivity contribution in [2.75, 3.05) is 37.0 Å². The Labute approximate surface area is 182 Å². The van der Waals surface area contributed by atoms with E-state index < -0.39 is 0 Å². The van der Waals surface area contributed by atoms with Crippen LogP contribution in [0.15, 0.2) is 60.7 Å². The van der Waals surface area contributed by atoms with E-state index >= 15 is 0 Å². The Morgan fingerprint density at radius 3 is 2.55 bits per heavy atom. The van der Waals surface area contributed by atoms with Crippen molar-refractivity contribution in [3.8, 4) is 22.8 Å². The molecule has 2 heterocycles. The lowest BCUT2D eigenvalue weighted by Crippen LogP contribution is -2.30. The summed E-state index contributed by atoms with van der Waals surface area (Å²) in [7, 11) is 1.59. The number of aromatic nitrogens is 2. The maximum absolute atomic E-state index is 12.3. The topological polar surface area (TPSA) is 76.6 Å². The number of methoxy groups -OCH3 is 1. The third-order valence-electron chi connectivity index (χ3n) is 5.18. The third-order valence-corrected chi connectivity index (χ3v) is 5.18. The van der Waals surface area contributed by atoms with E-state index in [-0.39, 0.29) is 12.5 Å². The number of rotatable bonds is 7. The van der Waals surface area contributed by atoms with Gasteiger partial charge >= 0.3 is 0 Å². The van der Waals surface area contributed by atoms with Crippen LogP contribution in [0, 0.1) is 0 Å². The second-order valence-electron chi connectivity index (χ2n) is 7.42. The summed E-state index contributed by atoms with van der Waals surface area (Å²) >= 11 is 0. The molecule has 2 aromatic carbocycles. The first-order valence-corrected chi connectivity index (χ1v) is 10.5. The minimum atomic E-state index is -0.244. The van der Waals surface area contributed by atoms with Crippen LogP contribution in [0.2, 0.25) is 0 Å². The van der Waals surface area contributed by atoms with Crippen molar-refractivity contribution in [2.45, 2.75) is 19.3 Å². The fraction of sp³-hybridized carbons (Fsp3) is 0.292. The normalized spacial score (nSPS) is 13.5. The molecular weight excluding hydrogens is 392 g/mol. The maximum Gasteiger partial charge on any atom is 0.262 e. The molecule has 0 atom stereocenters. The monoisotopic (exact) mass is 418 g/mol. The average Bonchev–Trinajstić information content (AvgIpc) is 2.84. The Morgan fingerprint density at radius 2 is 1.77 bits per heavy atom. The van der Waals surface area contributed by atoms with E-state index in [1.165, 1.54) is 19.3 Å². The number of nitrogens with zero attached hydrogens (tertiary/aromatic N) is 3. The number of anilines is 2. The summed E-state index contributed by atoms with van der Waals surface area (Å²) in [6.07, 6.45) is 3.69. The smallest absolute Gasteiger partial charge is 0.262 e. The van der Waals surface area contributed by atoms with Crippen molar-refractivity contribution >= 4 is 17.4 Å². The Balaban J connectivity index is 1.36. The van der Waals surface area contributed by atoms with Gasteiger partial charge in [0.25, 0.3) is 5.91 Å². The molecule has 160 valence electrons. The lowest BCUT2D eigenvalue weighted by molar-refractivity contribution is -0.118. The predicted molar refractivity (Wildman–Crippen MR) is 121 cm³/mol. The first kappa shape index (κ1) is 20.7. The number of ether oxygens (including phenoxy) is 2. The van der Waals surface area contributed by atoms with Crippen LogP contribution in [0.4, 0.5) is 11.5 Å². The molecule has 0 spiro atoms. The van der Waals surface area contributed by atoms with Crippen molar-refractivity contribution in [1.29, 1.82) is 0 Å². The van der Waals surface area contributed by atoms with Gasteiger partial charge in [-0.05, 0) is 55.7 Å². The van der Waals surface area contributed by atoms with E-state index in [4.69, 9.17) is 9.47 Å². The number of carbonyl (C=O) groups excluding carboxylic acids is 1. The molecule has 1 saturated heterocycles. The summed E-state index contributed by atoms with van der Waals surface area (Å²) in [6, 6.07) is 18.7. The first-order chi connectivity index (χ1) is 15.2. The van der Waals surface area contributed by atoms with Crippen molar-refractivity contribution in [3.05, 3.63) is 60.7 Å². The molecule has 31 heavy (non-hydrogen) atoms. The van der Waals surface area contributed by atoms with Crippen molar-refractivity contribution in [3.63, 3.8) is 0 Å². The quantitative estimate of drug-likeness (QED) is 0.621. The van der Waals surface area contributed by atoms with Crippen molar-refractivity contribution in [1.82, 2.24) is 10.2 Å². The van der Waals surface area contributed by atoms with Gasteiger partial charge in [0.05, 0.1) is 12.8 Å². The van der Waals surface area contributed by atoms with Crippen LogP contribution in [0.3, 0.4) is 0 Å². The van der Waals surface area contributed by atoms with Crippen LogP contribution >= 0.6 is 0 Å². The lowest BCUT2D eigenvalue weighted by atomic mass is 10.1. The highest BCUT2D eigenvalue weighted by Crippen LogP contribution is 2.23. The van der Waals surface area contributed by atoms with E-state index in [1.54, 1.807) is 19.2 Å². The highest BCUT2D eigenvalue weighted by atomic mass is 16.5. The van der Waals surface area contributed by atoms with Gasteiger partial charge in [-0.1, -0.05) is 18.2 Å². The fourth-order valence-electron chi connectivity index (χ4n) is 3.56. The number of amides is 1. The standard InChI is InChI=1S/C24H26N4O3/c1-30-20-9-6-10-21(16-20)31-17-24(29)25-19-8-5-7-18(15-19)22-11-12-23(27-26-22)28-13-3-2-4-14-28/h5-12,15-16H,2-4,13-14,17H2,1H3,(H,25,29). The van der Waals surface area contributed by atoms with Gasteiger partial charge in [-0.15, -0.1) is 10.2 Å². The van der Waals surface area contributed by atoms with Gasteiger partial charge in [-0.25, -0.2) is 0 Å². The molecule has 0 bridgehead atoms. The summed E-state index contributed by atoms with van der Waals surface area (Å²) in [6.45, 7) is 1.97. The van der Waals surface area contributed by atoms with Gasteiger partial charge < -0.3 is 19.7 Å². The number of piperidine rings is 1. The fourth-order valence-corrected chi connectivity index (χ4v) is 3.56. The third kappa shape index (κ3) is 5.51. The zero-order chi connectivity index (χ0) is 21.5. The molecule has 1 aliphatic heterocycles. The molecule has 1 amide bonds. The molecule has 1 N–H and O–H groups in total. The SMILES string of the molecule is COc1cccc(OCC(=O)Nc2cccc(-c3ccc(N4CCCCC4)nn3)c2)c1. The Hall–Kier alpha value is -3.61. The highest BCUT2D eigenvalue weighted by Gasteiger charge is 2.13. The minimum Gasteiger partial charge on any atom is -0.497 e. The van der Waals surface area contributed by atoms with Crippen LogP contribution in [-0.2, 0) is 4.79 Å². The molecule has 1 fully saturated rings. The van der Waals surface area contributed by atoms with Crippen LogP contribution < -0.4 is 19.7 Å². The van der Waals surface area contributed by atoms with Gasteiger partial charge in [-0.2, -0.15) is 0 Å². The van der Waals surface area contributed by atoms with Gasteiger partial charge in [0, 0.05) is 30.4 Å². The molecule has 1 aliphatic rings. The summed E-state index contributed by atoms with van der Waals surface area (Å²) in [5.74, 6) is 1.93. The van der Waals surface area contributed by atoms with E-state index in [0.717, 1.165) is 30.2 Å². The average molecular weight is 418 g/mol. The Morgan fingerprint density at radius 1 is 0.968 bits per heavy atom. The summed E-state index contributed by atoms with van der Waals surface area (Å²) in [5, 5.41) is 11.7.